The van der Waals surface area contributed by atoms with E-state index in [0.717, 1.165) is 30.0 Å². The Balaban J connectivity index is 1.90. The summed E-state index contributed by atoms with van der Waals surface area (Å²) in [6, 6.07) is 6.43. The standard InChI is InChI=1S/C16H17NO2S/c1-9-5-10(2)7-11(6-9)8-13-17-14(12-3-4-12)15(20-13)16(18)19/h5-7,12H,3-4,8H2,1-2H3,(H,18,19). The van der Waals surface area contributed by atoms with E-state index in [1.807, 2.05) is 0 Å². The second-order valence-electron chi connectivity index (χ2n) is 5.57. The molecule has 1 aromatic heterocycles. The van der Waals surface area contributed by atoms with E-state index >= 15 is 0 Å². The summed E-state index contributed by atoms with van der Waals surface area (Å²) in [6.07, 6.45) is 2.88. The van der Waals surface area contributed by atoms with Crippen LogP contribution in [0.25, 0.3) is 0 Å². The molecular weight excluding hydrogens is 270 g/mol. The first kappa shape index (κ1) is 13.3. The third-order valence-electron chi connectivity index (χ3n) is 3.49. The third-order valence-corrected chi connectivity index (χ3v) is 4.55. The maximum Gasteiger partial charge on any atom is 0.347 e. The van der Waals surface area contributed by atoms with E-state index in [9.17, 15) is 9.90 Å². The van der Waals surface area contributed by atoms with Crippen LogP contribution >= 0.6 is 11.3 Å². The highest BCUT2D eigenvalue weighted by molar-refractivity contribution is 7.13. The molecule has 3 rings (SSSR count). The molecule has 0 bridgehead atoms. The van der Waals surface area contributed by atoms with Gasteiger partial charge in [-0.2, -0.15) is 0 Å². The molecule has 2 aromatic rings. The van der Waals surface area contributed by atoms with Crippen molar-refractivity contribution < 1.29 is 9.90 Å². The third kappa shape index (κ3) is 2.75. The van der Waals surface area contributed by atoms with Gasteiger partial charge in [-0.25, -0.2) is 9.78 Å². The van der Waals surface area contributed by atoms with Crippen LogP contribution in [0.4, 0.5) is 0 Å². The van der Waals surface area contributed by atoms with Gasteiger partial charge < -0.3 is 5.11 Å². The van der Waals surface area contributed by atoms with Gasteiger partial charge >= 0.3 is 5.97 Å². The summed E-state index contributed by atoms with van der Waals surface area (Å²) in [6.45, 7) is 4.16. The van der Waals surface area contributed by atoms with Crippen molar-refractivity contribution in [2.75, 3.05) is 0 Å². The lowest BCUT2D eigenvalue weighted by Gasteiger charge is -2.02. The summed E-state index contributed by atoms with van der Waals surface area (Å²) in [5.41, 5.74) is 4.48. The predicted molar refractivity (Wildman–Crippen MR) is 79.8 cm³/mol. The van der Waals surface area contributed by atoms with Crippen LogP contribution in [0.5, 0.6) is 0 Å². The van der Waals surface area contributed by atoms with Crippen LogP contribution in [-0.4, -0.2) is 16.1 Å². The van der Waals surface area contributed by atoms with E-state index in [-0.39, 0.29) is 0 Å². The molecule has 4 heteroatoms. The molecule has 1 N–H and O–H groups in total. The number of thiazole rings is 1. The minimum absolute atomic E-state index is 0.380. The molecule has 20 heavy (non-hydrogen) atoms. The summed E-state index contributed by atoms with van der Waals surface area (Å²) in [5, 5.41) is 10.2. The molecule has 1 fully saturated rings. The smallest absolute Gasteiger partial charge is 0.347 e. The van der Waals surface area contributed by atoms with E-state index in [2.05, 4.69) is 37.0 Å². The van der Waals surface area contributed by atoms with Crippen molar-refractivity contribution >= 4 is 17.3 Å². The molecule has 1 aromatic carbocycles. The van der Waals surface area contributed by atoms with Gasteiger partial charge in [0.25, 0.3) is 0 Å². The fraction of sp³-hybridized carbons (Fsp3) is 0.375. The summed E-state index contributed by atoms with van der Waals surface area (Å²) in [4.78, 5) is 16.3. The van der Waals surface area contributed by atoms with Crippen molar-refractivity contribution in [2.24, 2.45) is 0 Å². The average molecular weight is 287 g/mol. The van der Waals surface area contributed by atoms with E-state index in [1.54, 1.807) is 0 Å². The van der Waals surface area contributed by atoms with E-state index < -0.39 is 5.97 Å². The Labute approximate surface area is 122 Å². The molecule has 0 spiro atoms. The zero-order valence-corrected chi connectivity index (χ0v) is 12.5. The van der Waals surface area contributed by atoms with Crippen molar-refractivity contribution in [3.63, 3.8) is 0 Å². The average Bonchev–Trinajstić information content (AvgIpc) is 3.09. The molecule has 1 aliphatic rings. The van der Waals surface area contributed by atoms with E-state index in [1.165, 1.54) is 28.0 Å². The van der Waals surface area contributed by atoms with Gasteiger partial charge in [-0.15, -0.1) is 11.3 Å². The maximum atomic E-state index is 11.3. The van der Waals surface area contributed by atoms with Gasteiger partial charge in [-0.05, 0) is 32.3 Å². The molecule has 1 aliphatic carbocycles. The Morgan fingerprint density at radius 1 is 1.30 bits per heavy atom. The quantitative estimate of drug-likeness (QED) is 0.927. The Morgan fingerprint density at radius 2 is 1.95 bits per heavy atom. The summed E-state index contributed by atoms with van der Waals surface area (Å²) in [7, 11) is 0. The van der Waals surface area contributed by atoms with Gasteiger partial charge in [0, 0.05) is 12.3 Å². The van der Waals surface area contributed by atoms with Crippen LogP contribution in [-0.2, 0) is 6.42 Å². The lowest BCUT2D eigenvalue weighted by molar-refractivity contribution is 0.0700. The Hall–Kier alpha value is -1.68. The first-order valence-electron chi connectivity index (χ1n) is 6.83. The van der Waals surface area contributed by atoms with Crippen LogP contribution in [0.1, 0.15) is 55.8 Å². The molecule has 0 saturated heterocycles. The summed E-state index contributed by atoms with van der Waals surface area (Å²) in [5.74, 6) is -0.457. The molecule has 0 amide bonds. The first-order chi connectivity index (χ1) is 9.52. The molecule has 1 saturated carbocycles. The number of aromatic nitrogens is 1. The largest absolute Gasteiger partial charge is 0.477 e. The summed E-state index contributed by atoms with van der Waals surface area (Å²) >= 11 is 1.33. The number of carboxylic acid groups (broad SMARTS) is 1. The van der Waals surface area contributed by atoms with Crippen molar-refractivity contribution in [3.05, 3.63) is 50.5 Å². The van der Waals surface area contributed by atoms with E-state index in [0.29, 0.717) is 10.8 Å². The Kier molecular flexibility index (Phi) is 3.34. The topological polar surface area (TPSA) is 50.2 Å². The van der Waals surface area contributed by atoms with Crippen molar-refractivity contribution in [1.82, 2.24) is 4.98 Å². The Morgan fingerprint density at radius 3 is 2.50 bits per heavy atom. The number of carboxylic acids is 1. The van der Waals surface area contributed by atoms with Crippen LogP contribution in [0.3, 0.4) is 0 Å². The molecule has 0 atom stereocenters. The van der Waals surface area contributed by atoms with Crippen LogP contribution in [0.15, 0.2) is 18.2 Å². The minimum Gasteiger partial charge on any atom is -0.477 e. The molecule has 1 heterocycles. The molecule has 0 unspecified atom stereocenters. The number of rotatable bonds is 4. The number of benzene rings is 1. The number of aryl methyl sites for hydroxylation is 2. The maximum absolute atomic E-state index is 11.3. The molecule has 0 radical (unpaired) electrons. The minimum atomic E-state index is -0.837. The molecule has 104 valence electrons. The number of nitrogens with zero attached hydrogens (tertiary/aromatic N) is 1. The van der Waals surface area contributed by atoms with Crippen LogP contribution in [0.2, 0.25) is 0 Å². The lowest BCUT2D eigenvalue weighted by Crippen LogP contribution is -1.97. The van der Waals surface area contributed by atoms with Gasteiger partial charge in [0.2, 0.25) is 0 Å². The van der Waals surface area contributed by atoms with Crippen molar-refractivity contribution in [1.29, 1.82) is 0 Å². The second-order valence-corrected chi connectivity index (χ2v) is 6.66. The lowest BCUT2D eigenvalue weighted by atomic mass is 10.1. The predicted octanol–water partition coefficient (Wildman–Crippen LogP) is 3.93. The van der Waals surface area contributed by atoms with Gasteiger partial charge in [0.05, 0.1) is 10.7 Å². The summed E-state index contributed by atoms with van der Waals surface area (Å²) < 4.78 is 0. The highest BCUT2D eigenvalue weighted by Crippen LogP contribution is 2.42. The second kappa shape index (κ2) is 5.02. The Bertz CT molecular complexity index is 651. The van der Waals surface area contributed by atoms with E-state index in [4.69, 9.17) is 0 Å². The fourth-order valence-electron chi connectivity index (χ4n) is 2.59. The van der Waals surface area contributed by atoms with Gasteiger partial charge in [-0.3, -0.25) is 0 Å². The zero-order valence-electron chi connectivity index (χ0n) is 11.6. The SMILES string of the molecule is Cc1cc(C)cc(Cc2nc(C3CC3)c(C(=O)O)s2)c1. The van der Waals surface area contributed by atoms with Gasteiger partial charge in [0.15, 0.2) is 0 Å². The molecule has 3 nitrogen and oxygen atoms in total. The molecule has 0 aliphatic heterocycles. The normalized spacial score (nSPS) is 14.5. The van der Waals surface area contributed by atoms with Crippen LogP contribution < -0.4 is 0 Å². The highest BCUT2D eigenvalue weighted by Gasteiger charge is 2.31. The van der Waals surface area contributed by atoms with Crippen molar-refractivity contribution in [3.8, 4) is 0 Å². The monoisotopic (exact) mass is 287 g/mol. The number of aromatic carboxylic acids is 1. The van der Waals surface area contributed by atoms with Crippen LogP contribution in [0, 0.1) is 13.8 Å². The highest BCUT2D eigenvalue weighted by atomic mass is 32.1. The fourth-order valence-corrected chi connectivity index (χ4v) is 3.61. The van der Waals surface area contributed by atoms with Crippen molar-refractivity contribution in [2.45, 2.75) is 39.0 Å². The zero-order chi connectivity index (χ0) is 14.3. The first-order valence-corrected chi connectivity index (χ1v) is 7.64. The number of hydrogen-bond acceptors (Lipinski definition) is 3. The number of carbonyl (C=O) groups is 1. The van der Waals surface area contributed by atoms with Gasteiger partial charge in [-0.1, -0.05) is 29.3 Å². The number of hydrogen-bond donors (Lipinski definition) is 1. The van der Waals surface area contributed by atoms with Gasteiger partial charge in [0.1, 0.15) is 4.88 Å². The molecular formula is C16H17NO2S.